The van der Waals surface area contributed by atoms with E-state index in [1.165, 1.54) is 0 Å². The fourth-order valence-electron chi connectivity index (χ4n) is 2.62. The van der Waals surface area contributed by atoms with Crippen LogP contribution in [0.15, 0.2) is 4.99 Å². The Morgan fingerprint density at radius 2 is 1.96 bits per heavy atom. The van der Waals surface area contributed by atoms with Crippen molar-refractivity contribution in [2.45, 2.75) is 38.5 Å². The minimum Gasteiger partial charge on any atom is -0.379 e. The van der Waals surface area contributed by atoms with Gasteiger partial charge in [-0.05, 0) is 40.0 Å². The summed E-state index contributed by atoms with van der Waals surface area (Å²) in [6, 6.07) is 0. The summed E-state index contributed by atoms with van der Waals surface area (Å²) in [5, 5.41) is 15.2. The van der Waals surface area contributed by atoms with Crippen molar-refractivity contribution < 1.29 is 4.74 Å². The number of hydrogen-bond donors (Lipinski definition) is 2. The Hall–Kier alpha value is -0.590. The first-order valence-electron chi connectivity index (χ1n) is 9.63. The highest BCUT2D eigenvalue weighted by atomic mass is 127. The average molecular weight is 526 g/mol. The molecule has 0 spiro atoms. The zero-order valence-corrected chi connectivity index (χ0v) is 21.0. The first-order chi connectivity index (χ1) is 12.9. The molecule has 1 aliphatic rings. The van der Waals surface area contributed by atoms with Crippen molar-refractivity contribution in [2.75, 3.05) is 52.2 Å². The number of thioether (sulfide) groups is 1. The minimum atomic E-state index is 0. The second-order valence-corrected chi connectivity index (χ2v) is 8.95. The molecule has 162 valence electrons. The van der Waals surface area contributed by atoms with Gasteiger partial charge in [-0.1, -0.05) is 0 Å². The molecular weight excluding hydrogens is 489 g/mol. The van der Waals surface area contributed by atoms with E-state index in [2.05, 4.69) is 45.8 Å². The van der Waals surface area contributed by atoms with Crippen molar-refractivity contribution in [3.8, 4) is 0 Å². The maximum atomic E-state index is 5.40. The zero-order valence-electron chi connectivity index (χ0n) is 17.8. The van der Waals surface area contributed by atoms with Gasteiger partial charge in [-0.2, -0.15) is 11.8 Å². The molecule has 8 nitrogen and oxygen atoms in total. The topological polar surface area (TPSA) is 79.6 Å². The number of aliphatic imine (C=N–C) groups is 1. The molecule has 1 aromatic heterocycles. The third-order valence-corrected chi connectivity index (χ3v) is 6.09. The van der Waals surface area contributed by atoms with Gasteiger partial charge in [0.2, 0.25) is 0 Å². The monoisotopic (exact) mass is 525 g/mol. The Morgan fingerprint density at radius 1 is 1.25 bits per heavy atom. The van der Waals surface area contributed by atoms with E-state index in [9.17, 15) is 0 Å². The van der Waals surface area contributed by atoms with Crippen molar-refractivity contribution in [1.29, 1.82) is 0 Å². The molecule has 1 aliphatic heterocycles. The van der Waals surface area contributed by atoms with Crippen molar-refractivity contribution >= 4 is 41.7 Å². The van der Waals surface area contributed by atoms with E-state index in [0.717, 1.165) is 70.0 Å². The zero-order chi connectivity index (χ0) is 19.7. The van der Waals surface area contributed by atoms with Crippen LogP contribution in [0, 0.1) is 6.92 Å². The van der Waals surface area contributed by atoms with E-state index in [1.807, 2.05) is 30.3 Å². The molecule has 1 saturated heterocycles. The maximum Gasteiger partial charge on any atom is 0.191 e. The summed E-state index contributed by atoms with van der Waals surface area (Å²) in [5.74, 6) is 2.60. The Labute approximate surface area is 190 Å². The number of guanidine groups is 1. The van der Waals surface area contributed by atoms with Crippen LogP contribution in [0.4, 0.5) is 0 Å². The molecular formula is C18H36IN7OS. The fraction of sp³-hybridized carbons (Fsp3) is 0.833. The molecule has 2 heterocycles. The van der Waals surface area contributed by atoms with Crippen molar-refractivity contribution in [3.63, 3.8) is 0 Å². The smallest absolute Gasteiger partial charge is 0.191 e. The predicted octanol–water partition coefficient (Wildman–Crippen LogP) is 1.64. The van der Waals surface area contributed by atoms with Gasteiger partial charge in [0.15, 0.2) is 11.8 Å². The number of morpholine rings is 1. The van der Waals surface area contributed by atoms with Crippen molar-refractivity contribution in [3.05, 3.63) is 11.6 Å². The predicted molar refractivity (Wildman–Crippen MR) is 128 cm³/mol. The second kappa shape index (κ2) is 12.9. The summed E-state index contributed by atoms with van der Waals surface area (Å²) in [5.41, 5.74) is 0. The molecule has 0 saturated carbocycles. The second-order valence-electron chi connectivity index (χ2n) is 7.44. The van der Waals surface area contributed by atoms with Gasteiger partial charge in [-0.15, -0.1) is 34.2 Å². The Kier molecular flexibility index (Phi) is 11.7. The van der Waals surface area contributed by atoms with Gasteiger partial charge < -0.3 is 19.9 Å². The molecule has 0 radical (unpaired) electrons. The SMILES string of the molecule is CSC(C)(C)CNC(=NCc1nnc(C)n1C)NCCCN1CCOCC1.I. The van der Waals surface area contributed by atoms with Crippen LogP contribution >= 0.6 is 35.7 Å². The van der Waals surface area contributed by atoms with Crippen LogP contribution in [0.1, 0.15) is 31.9 Å². The van der Waals surface area contributed by atoms with E-state index in [4.69, 9.17) is 9.73 Å². The van der Waals surface area contributed by atoms with E-state index >= 15 is 0 Å². The van der Waals surface area contributed by atoms with Crippen LogP contribution in [-0.4, -0.2) is 82.6 Å². The van der Waals surface area contributed by atoms with Gasteiger partial charge in [0.05, 0.1) is 13.2 Å². The highest BCUT2D eigenvalue weighted by Gasteiger charge is 2.16. The lowest BCUT2D eigenvalue weighted by atomic mass is 10.2. The highest BCUT2D eigenvalue weighted by Crippen LogP contribution is 2.19. The van der Waals surface area contributed by atoms with E-state index in [0.29, 0.717) is 6.54 Å². The number of nitrogens with one attached hydrogen (secondary N) is 2. The molecule has 0 amide bonds. The summed E-state index contributed by atoms with van der Waals surface area (Å²) in [7, 11) is 1.97. The summed E-state index contributed by atoms with van der Waals surface area (Å²) < 4.78 is 7.53. The third kappa shape index (κ3) is 8.83. The first kappa shape index (κ1) is 25.4. The quantitative estimate of drug-likeness (QED) is 0.220. The number of ether oxygens (including phenoxy) is 1. The minimum absolute atomic E-state index is 0. The lowest BCUT2D eigenvalue weighted by Gasteiger charge is -2.27. The molecule has 0 aromatic carbocycles. The van der Waals surface area contributed by atoms with Crippen LogP contribution < -0.4 is 10.6 Å². The van der Waals surface area contributed by atoms with E-state index < -0.39 is 0 Å². The van der Waals surface area contributed by atoms with Crippen LogP contribution in [0.3, 0.4) is 0 Å². The third-order valence-electron chi connectivity index (χ3n) is 4.84. The number of hydrogen-bond acceptors (Lipinski definition) is 6. The van der Waals surface area contributed by atoms with Gasteiger partial charge >= 0.3 is 0 Å². The molecule has 10 heteroatoms. The van der Waals surface area contributed by atoms with Gasteiger partial charge in [0, 0.05) is 38.0 Å². The summed E-state index contributed by atoms with van der Waals surface area (Å²) in [4.78, 5) is 7.17. The fourth-order valence-corrected chi connectivity index (χ4v) is 2.83. The Bertz CT molecular complexity index is 603. The molecule has 28 heavy (non-hydrogen) atoms. The number of nitrogens with zero attached hydrogens (tertiary/aromatic N) is 5. The van der Waals surface area contributed by atoms with Gasteiger partial charge in [0.25, 0.3) is 0 Å². The first-order valence-corrected chi connectivity index (χ1v) is 10.9. The lowest BCUT2D eigenvalue weighted by Crippen LogP contribution is -2.44. The molecule has 0 aliphatic carbocycles. The van der Waals surface area contributed by atoms with Crippen LogP contribution in [0.2, 0.25) is 0 Å². The molecule has 0 atom stereocenters. The molecule has 1 fully saturated rings. The summed E-state index contributed by atoms with van der Waals surface area (Å²) in [6.07, 6.45) is 3.21. The molecule has 0 bridgehead atoms. The molecule has 0 unspecified atom stereocenters. The van der Waals surface area contributed by atoms with Gasteiger partial charge in [-0.3, -0.25) is 4.90 Å². The standard InChI is InChI=1S/C18H35N7OS.HI/c1-15-22-23-16(24(15)4)13-20-17(21-14-18(2,3)27-5)19-7-6-8-25-9-11-26-12-10-25;/h6-14H2,1-5H3,(H2,19,20,21);1H. The Balaban J connectivity index is 0.00000392. The number of halogens is 1. The lowest BCUT2D eigenvalue weighted by molar-refractivity contribution is 0.0376. The molecule has 2 N–H and O–H groups in total. The highest BCUT2D eigenvalue weighted by molar-refractivity contribution is 14.0. The number of aromatic nitrogens is 3. The normalized spacial score (nSPS) is 16.0. The summed E-state index contributed by atoms with van der Waals surface area (Å²) in [6.45, 7) is 13.5. The van der Waals surface area contributed by atoms with Gasteiger partial charge in [0.1, 0.15) is 12.4 Å². The molecule has 1 aromatic rings. The van der Waals surface area contributed by atoms with Crippen molar-refractivity contribution in [1.82, 2.24) is 30.3 Å². The van der Waals surface area contributed by atoms with Crippen molar-refractivity contribution in [2.24, 2.45) is 12.0 Å². The van der Waals surface area contributed by atoms with E-state index in [1.54, 1.807) is 0 Å². The average Bonchev–Trinajstić information content (AvgIpc) is 2.99. The van der Waals surface area contributed by atoms with E-state index in [-0.39, 0.29) is 28.7 Å². The summed E-state index contributed by atoms with van der Waals surface area (Å²) >= 11 is 1.85. The Morgan fingerprint density at radius 3 is 2.57 bits per heavy atom. The maximum absolute atomic E-state index is 5.40. The largest absolute Gasteiger partial charge is 0.379 e. The van der Waals surface area contributed by atoms with Crippen LogP contribution in [0.5, 0.6) is 0 Å². The van der Waals surface area contributed by atoms with Crippen LogP contribution in [-0.2, 0) is 18.3 Å². The van der Waals surface area contributed by atoms with Gasteiger partial charge in [-0.25, -0.2) is 4.99 Å². The number of rotatable bonds is 9. The number of aryl methyl sites for hydroxylation is 1. The molecule has 2 rings (SSSR count). The van der Waals surface area contributed by atoms with Crippen LogP contribution in [0.25, 0.3) is 0 Å².